The molecule has 2 rings (SSSR count). The minimum atomic E-state index is -0.570. The number of Topliss-reactive ketones (excluding diaryl/α,β-unsaturated/α-hetero) is 1. The Morgan fingerprint density at radius 1 is 1.03 bits per heavy atom. The molecule has 6 nitrogen and oxygen atoms in total. The second-order valence-corrected chi connectivity index (χ2v) is 7.70. The van der Waals surface area contributed by atoms with Crippen LogP contribution < -0.4 is 9.47 Å². The molecule has 0 atom stereocenters. The summed E-state index contributed by atoms with van der Waals surface area (Å²) < 4.78 is 15.8. The molecular weight excluding hydrogens is 372 g/mol. The van der Waals surface area contributed by atoms with Crippen LogP contribution in [0.4, 0.5) is 0 Å². The van der Waals surface area contributed by atoms with Crippen molar-refractivity contribution >= 4 is 11.8 Å². The summed E-state index contributed by atoms with van der Waals surface area (Å²) in [6.07, 6.45) is 0.928. The molecule has 2 aromatic carbocycles. The number of benzene rings is 2. The molecule has 0 unspecified atom stereocenters. The number of ether oxygens (including phenoxy) is 3. The van der Waals surface area contributed by atoms with Crippen LogP contribution in [0.1, 0.15) is 48.7 Å². The SMILES string of the molecule is Cc1cc(CCC(=O)c2cccc(OCC(=O)OC(C)(C)C)c2)ccc1OCO. The Morgan fingerprint density at radius 3 is 2.45 bits per heavy atom. The normalized spacial score (nSPS) is 11.1. The van der Waals surface area contributed by atoms with Gasteiger partial charge < -0.3 is 19.3 Å². The van der Waals surface area contributed by atoms with Crippen LogP contribution >= 0.6 is 0 Å². The molecule has 0 saturated carbocycles. The van der Waals surface area contributed by atoms with Gasteiger partial charge in [-0.1, -0.05) is 24.3 Å². The molecule has 0 heterocycles. The van der Waals surface area contributed by atoms with E-state index in [1.165, 1.54) is 0 Å². The summed E-state index contributed by atoms with van der Waals surface area (Å²) in [5.74, 6) is 0.597. The van der Waals surface area contributed by atoms with E-state index in [1.54, 1.807) is 51.1 Å². The van der Waals surface area contributed by atoms with Crippen LogP contribution in [-0.2, 0) is 16.0 Å². The highest BCUT2D eigenvalue weighted by molar-refractivity contribution is 5.96. The van der Waals surface area contributed by atoms with E-state index in [0.29, 0.717) is 29.9 Å². The first-order valence-corrected chi connectivity index (χ1v) is 9.49. The van der Waals surface area contributed by atoms with Crippen molar-refractivity contribution in [2.45, 2.75) is 46.1 Å². The van der Waals surface area contributed by atoms with Crippen molar-refractivity contribution in [2.75, 3.05) is 13.4 Å². The van der Waals surface area contributed by atoms with Crippen molar-refractivity contribution in [3.8, 4) is 11.5 Å². The van der Waals surface area contributed by atoms with Gasteiger partial charge in [-0.2, -0.15) is 0 Å². The first kappa shape index (κ1) is 22.4. The van der Waals surface area contributed by atoms with Gasteiger partial charge in [-0.3, -0.25) is 4.79 Å². The fourth-order valence-electron chi connectivity index (χ4n) is 2.77. The summed E-state index contributed by atoms with van der Waals surface area (Å²) in [5, 5.41) is 8.85. The number of hydrogen-bond acceptors (Lipinski definition) is 6. The van der Waals surface area contributed by atoms with Gasteiger partial charge in [0.05, 0.1) is 0 Å². The van der Waals surface area contributed by atoms with Crippen molar-refractivity contribution in [1.29, 1.82) is 0 Å². The van der Waals surface area contributed by atoms with Crippen molar-refractivity contribution in [1.82, 2.24) is 0 Å². The number of ketones is 1. The number of carbonyl (C=O) groups excluding carboxylic acids is 2. The lowest BCUT2D eigenvalue weighted by atomic mass is 10.0. The smallest absolute Gasteiger partial charge is 0.344 e. The summed E-state index contributed by atoms with van der Waals surface area (Å²) in [6.45, 7) is 6.68. The summed E-state index contributed by atoms with van der Waals surface area (Å²) in [7, 11) is 0. The third-order valence-electron chi connectivity index (χ3n) is 4.03. The van der Waals surface area contributed by atoms with Gasteiger partial charge in [-0.25, -0.2) is 4.79 Å². The highest BCUT2D eigenvalue weighted by Gasteiger charge is 2.17. The van der Waals surface area contributed by atoms with Crippen LogP contribution in [0, 0.1) is 6.92 Å². The van der Waals surface area contributed by atoms with E-state index in [9.17, 15) is 9.59 Å². The van der Waals surface area contributed by atoms with E-state index in [0.717, 1.165) is 11.1 Å². The van der Waals surface area contributed by atoms with Gasteiger partial charge in [-0.05, 0) is 63.4 Å². The van der Waals surface area contributed by atoms with Gasteiger partial charge in [0.1, 0.15) is 17.1 Å². The quantitative estimate of drug-likeness (QED) is 0.391. The molecule has 0 radical (unpaired) electrons. The minimum Gasteiger partial charge on any atom is -0.482 e. The standard InChI is InChI=1S/C23H28O6/c1-16-12-17(9-11-21(16)28-15-24)8-10-20(25)18-6-5-7-19(13-18)27-14-22(26)29-23(2,3)4/h5-7,9,11-13,24H,8,10,14-15H2,1-4H3. The molecule has 0 aliphatic heterocycles. The number of aliphatic hydroxyl groups excluding tert-OH is 1. The summed E-state index contributed by atoms with van der Waals surface area (Å²) in [6, 6.07) is 12.4. The monoisotopic (exact) mass is 400 g/mol. The van der Waals surface area contributed by atoms with Crippen molar-refractivity contribution in [2.24, 2.45) is 0 Å². The topological polar surface area (TPSA) is 82.1 Å². The van der Waals surface area contributed by atoms with Gasteiger partial charge in [0, 0.05) is 12.0 Å². The highest BCUT2D eigenvalue weighted by Crippen LogP contribution is 2.21. The van der Waals surface area contributed by atoms with Crippen LogP contribution in [0.5, 0.6) is 11.5 Å². The molecule has 0 aliphatic rings. The Hall–Kier alpha value is -2.86. The van der Waals surface area contributed by atoms with Crippen LogP contribution in [0.25, 0.3) is 0 Å². The van der Waals surface area contributed by atoms with E-state index in [4.69, 9.17) is 19.3 Å². The zero-order valence-corrected chi connectivity index (χ0v) is 17.4. The number of carbonyl (C=O) groups is 2. The third kappa shape index (κ3) is 7.58. The number of hydrogen-bond donors (Lipinski definition) is 1. The molecule has 0 saturated heterocycles. The van der Waals surface area contributed by atoms with Gasteiger partial charge >= 0.3 is 5.97 Å². The van der Waals surface area contributed by atoms with Crippen LogP contribution in [0.15, 0.2) is 42.5 Å². The Kier molecular flexibility index (Phi) is 7.79. The predicted octanol–water partition coefficient (Wildman–Crippen LogP) is 3.86. The fraction of sp³-hybridized carbons (Fsp3) is 0.391. The van der Waals surface area contributed by atoms with Crippen molar-refractivity contribution in [3.63, 3.8) is 0 Å². The molecule has 29 heavy (non-hydrogen) atoms. The summed E-state index contributed by atoms with van der Waals surface area (Å²) in [4.78, 5) is 24.3. The van der Waals surface area contributed by atoms with Crippen molar-refractivity contribution in [3.05, 3.63) is 59.2 Å². The molecule has 0 amide bonds. The van der Waals surface area contributed by atoms with Gasteiger partial charge in [0.2, 0.25) is 0 Å². The van der Waals surface area contributed by atoms with Crippen LogP contribution in [0.2, 0.25) is 0 Å². The summed E-state index contributed by atoms with van der Waals surface area (Å²) in [5.41, 5.74) is 1.88. The van der Waals surface area contributed by atoms with E-state index >= 15 is 0 Å². The van der Waals surface area contributed by atoms with Crippen LogP contribution in [-0.4, -0.2) is 35.9 Å². The molecule has 0 aliphatic carbocycles. The lowest BCUT2D eigenvalue weighted by Gasteiger charge is -2.19. The summed E-state index contributed by atoms with van der Waals surface area (Å²) >= 11 is 0. The third-order valence-corrected chi connectivity index (χ3v) is 4.03. The molecule has 156 valence electrons. The fourth-order valence-corrected chi connectivity index (χ4v) is 2.77. The maximum Gasteiger partial charge on any atom is 0.344 e. The largest absolute Gasteiger partial charge is 0.482 e. The minimum absolute atomic E-state index is 0.0129. The van der Waals surface area contributed by atoms with Crippen LogP contribution in [0.3, 0.4) is 0 Å². The molecule has 0 bridgehead atoms. The predicted molar refractivity (Wildman–Crippen MR) is 109 cm³/mol. The highest BCUT2D eigenvalue weighted by atomic mass is 16.6. The Balaban J connectivity index is 1.92. The molecule has 0 aromatic heterocycles. The number of aliphatic hydroxyl groups is 1. The Labute approximate surface area is 171 Å². The first-order chi connectivity index (χ1) is 13.7. The second-order valence-electron chi connectivity index (χ2n) is 7.70. The average Bonchev–Trinajstić information content (AvgIpc) is 2.65. The maximum absolute atomic E-state index is 12.5. The lowest BCUT2D eigenvalue weighted by molar-refractivity contribution is -0.157. The molecule has 0 fully saturated rings. The molecule has 1 N–H and O–H groups in total. The average molecular weight is 400 g/mol. The molecule has 2 aromatic rings. The van der Waals surface area contributed by atoms with E-state index in [-0.39, 0.29) is 19.2 Å². The molecule has 6 heteroatoms. The molecule has 0 spiro atoms. The van der Waals surface area contributed by atoms with E-state index < -0.39 is 11.6 Å². The lowest BCUT2D eigenvalue weighted by Crippen LogP contribution is -2.27. The number of aryl methyl sites for hydroxylation is 2. The van der Waals surface area contributed by atoms with E-state index in [2.05, 4.69) is 0 Å². The zero-order valence-electron chi connectivity index (χ0n) is 17.4. The Morgan fingerprint density at radius 2 is 1.79 bits per heavy atom. The zero-order chi connectivity index (χ0) is 21.4. The second kappa shape index (κ2) is 10.1. The molecular formula is C23H28O6. The first-order valence-electron chi connectivity index (χ1n) is 9.49. The Bertz CT molecular complexity index is 851. The number of esters is 1. The van der Waals surface area contributed by atoms with Gasteiger partial charge in [0.15, 0.2) is 19.2 Å². The van der Waals surface area contributed by atoms with Gasteiger partial charge in [-0.15, -0.1) is 0 Å². The number of rotatable bonds is 9. The van der Waals surface area contributed by atoms with Crippen molar-refractivity contribution < 1.29 is 28.9 Å². The van der Waals surface area contributed by atoms with Gasteiger partial charge in [0.25, 0.3) is 0 Å². The maximum atomic E-state index is 12.5. The van der Waals surface area contributed by atoms with E-state index in [1.807, 2.05) is 19.1 Å².